The van der Waals surface area contributed by atoms with E-state index in [4.69, 9.17) is 14.2 Å². The third kappa shape index (κ3) is 5.46. The summed E-state index contributed by atoms with van der Waals surface area (Å²) in [5.74, 6) is 0.550. The van der Waals surface area contributed by atoms with E-state index < -0.39 is 0 Å². The molecule has 1 heterocycles. The van der Waals surface area contributed by atoms with Gasteiger partial charge < -0.3 is 14.2 Å². The first kappa shape index (κ1) is 13.7. The lowest BCUT2D eigenvalue weighted by molar-refractivity contribution is -0.677. The number of hydrogen-bond donors (Lipinski definition) is 1. The van der Waals surface area contributed by atoms with Gasteiger partial charge in [-0.3, -0.25) is 4.79 Å². The summed E-state index contributed by atoms with van der Waals surface area (Å²) < 4.78 is 16.8. The lowest BCUT2D eigenvalue weighted by Crippen LogP contribution is -2.32. The molecule has 1 aromatic rings. The fraction of sp³-hybridized carbons (Fsp3) is 0.636. The molecule has 1 rings (SSSR count). The van der Waals surface area contributed by atoms with Crippen molar-refractivity contribution < 1.29 is 23.6 Å². The number of hydrogen-bond acceptors (Lipinski definition) is 4. The molecule has 0 aliphatic carbocycles. The average Bonchev–Trinajstić information content (AvgIpc) is 2.69. The largest absolute Gasteiger partial charge is 0.463 e. The van der Waals surface area contributed by atoms with Crippen LogP contribution >= 0.6 is 0 Å². The van der Waals surface area contributed by atoms with Gasteiger partial charge in [-0.1, -0.05) is 0 Å². The predicted molar refractivity (Wildman–Crippen MR) is 59.3 cm³/mol. The van der Waals surface area contributed by atoms with Crippen molar-refractivity contribution >= 4 is 5.97 Å². The molecule has 96 valence electrons. The first-order valence-corrected chi connectivity index (χ1v) is 5.48. The molecule has 0 aliphatic heterocycles. The number of nitrogens with zero attached hydrogens (tertiary/aromatic N) is 1. The molecule has 0 atom stereocenters. The van der Waals surface area contributed by atoms with Crippen LogP contribution in [-0.4, -0.2) is 44.5 Å². The van der Waals surface area contributed by atoms with E-state index in [-0.39, 0.29) is 19.0 Å². The number of aromatic amines is 1. The smallest absolute Gasteiger partial charge is 0.318 e. The van der Waals surface area contributed by atoms with Crippen molar-refractivity contribution in [3.63, 3.8) is 0 Å². The molecule has 0 amide bonds. The van der Waals surface area contributed by atoms with Crippen LogP contribution in [0.2, 0.25) is 0 Å². The van der Waals surface area contributed by atoms with Gasteiger partial charge in [0.05, 0.1) is 26.9 Å². The van der Waals surface area contributed by atoms with Gasteiger partial charge in [-0.15, -0.1) is 0 Å². The van der Waals surface area contributed by atoms with Crippen LogP contribution in [0.25, 0.3) is 0 Å². The number of esters is 1. The molecular weight excluding hydrogens is 224 g/mol. The Morgan fingerprint density at radius 1 is 1.35 bits per heavy atom. The first-order valence-electron chi connectivity index (χ1n) is 5.48. The zero-order valence-electron chi connectivity index (χ0n) is 10.3. The van der Waals surface area contributed by atoms with Crippen LogP contribution in [-0.2, 0) is 32.5 Å². The van der Waals surface area contributed by atoms with Gasteiger partial charge in [0.15, 0.2) is 0 Å². The average molecular weight is 243 g/mol. The highest BCUT2D eigenvalue weighted by molar-refractivity contribution is 5.71. The highest BCUT2D eigenvalue weighted by atomic mass is 16.6. The Hall–Kier alpha value is -1.40. The third-order valence-corrected chi connectivity index (χ3v) is 2.21. The van der Waals surface area contributed by atoms with Crippen molar-refractivity contribution in [2.45, 2.75) is 6.42 Å². The lowest BCUT2D eigenvalue weighted by Gasteiger charge is -2.04. The van der Waals surface area contributed by atoms with Crippen LogP contribution in [0.3, 0.4) is 0 Å². The molecule has 6 nitrogen and oxygen atoms in total. The molecular formula is C11H19N2O4+. The van der Waals surface area contributed by atoms with Gasteiger partial charge in [0, 0.05) is 7.11 Å². The summed E-state index contributed by atoms with van der Waals surface area (Å²) in [7, 11) is 3.48. The van der Waals surface area contributed by atoms with Gasteiger partial charge >= 0.3 is 5.97 Å². The minimum absolute atomic E-state index is 0.238. The van der Waals surface area contributed by atoms with Crippen molar-refractivity contribution in [2.24, 2.45) is 7.05 Å². The molecule has 0 aromatic carbocycles. The number of H-pyrrole nitrogens is 1. The van der Waals surface area contributed by atoms with Crippen LogP contribution in [0.1, 0.15) is 5.82 Å². The number of methoxy groups -OCH3 is 1. The summed E-state index contributed by atoms with van der Waals surface area (Å²) in [5.41, 5.74) is 0. The number of aryl methyl sites for hydroxylation is 1. The SMILES string of the molecule is COCCOCCOC(=O)Cc1[nH]cc[n+]1C. The number of carbonyl (C=O) groups is 1. The molecule has 0 saturated carbocycles. The molecule has 0 radical (unpaired) electrons. The summed E-state index contributed by atoms with van der Waals surface area (Å²) in [6, 6.07) is 0. The Balaban J connectivity index is 2.08. The van der Waals surface area contributed by atoms with Crippen LogP contribution in [0.15, 0.2) is 12.4 Å². The Kier molecular flexibility index (Phi) is 6.27. The number of aromatic nitrogens is 2. The van der Waals surface area contributed by atoms with Crippen LogP contribution in [0.5, 0.6) is 0 Å². The standard InChI is InChI=1S/C11H18N2O4/c1-13-4-3-12-10(13)9-11(14)17-8-7-16-6-5-15-2/h3-4H,5-9H2,1-2H3/p+1. The number of carbonyl (C=O) groups excluding carboxylic acids is 1. The maximum absolute atomic E-state index is 11.4. The second-order valence-corrected chi connectivity index (χ2v) is 3.52. The van der Waals surface area contributed by atoms with E-state index in [9.17, 15) is 4.79 Å². The van der Waals surface area contributed by atoms with E-state index in [1.54, 1.807) is 13.3 Å². The predicted octanol–water partition coefficient (Wildman–Crippen LogP) is -0.412. The van der Waals surface area contributed by atoms with Crippen molar-refractivity contribution in [1.82, 2.24) is 4.98 Å². The second kappa shape index (κ2) is 7.81. The number of imidazole rings is 1. The highest BCUT2D eigenvalue weighted by Gasteiger charge is 2.13. The molecule has 0 bridgehead atoms. The fourth-order valence-corrected chi connectivity index (χ4v) is 1.26. The van der Waals surface area contributed by atoms with Gasteiger partial charge in [-0.05, 0) is 0 Å². The quantitative estimate of drug-likeness (QED) is 0.383. The minimum atomic E-state index is -0.265. The molecule has 0 spiro atoms. The molecule has 0 fully saturated rings. The van der Waals surface area contributed by atoms with Gasteiger partial charge in [0.2, 0.25) is 0 Å². The molecule has 0 unspecified atom stereocenters. The first-order chi connectivity index (χ1) is 8.24. The van der Waals surface area contributed by atoms with E-state index in [1.807, 2.05) is 17.8 Å². The van der Waals surface area contributed by atoms with Crippen molar-refractivity contribution in [1.29, 1.82) is 0 Å². The molecule has 1 aromatic heterocycles. The van der Waals surface area contributed by atoms with Crippen LogP contribution in [0.4, 0.5) is 0 Å². The maximum Gasteiger partial charge on any atom is 0.318 e. The van der Waals surface area contributed by atoms with Gasteiger partial charge in [-0.2, -0.15) is 0 Å². The zero-order chi connectivity index (χ0) is 12.5. The van der Waals surface area contributed by atoms with Gasteiger partial charge in [0.25, 0.3) is 5.82 Å². The fourth-order valence-electron chi connectivity index (χ4n) is 1.26. The summed E-state index contributed by atoms with van der Waals surface area (Å²) in [5, 5.41) is 0. The second-order valence-electron chi connectivity index (χ2n) is 3.52. The summed E-state index contributed by atoms with van der Waals surface area (Å²) in [6.07, 6.45) is 3.86. The molecule has 1 N–H and O–H groups in total. The number of ether oxygens (including phenoxy) is 3. The molecule has 0 aliphatic rings. The summed E-state index contributed by atoms with van der Waals surface area (Å²) in [6.45, 7) is 1.73. The number of rotatable bonds is 8. The van der Waals surface area contributed by atoms with Gasteiger partial charge in [-0.25, -0.2) is 9.55 Å². The van der Waals surface area contributed by atoms with Crippen LogP contribution in [0, 0.1) is 0 Å². The topological polar surface area (TPSA) is 64.4 Å². The minimum Gasteiger partial charge on any atom is -0.463 e. The van der Waals surface area contributed by atoms with Crippen LogP contribution < -0.4 is 4.57 Å². The van der Waals surface area contributed by atoms with E-state index in [2.05, 4.69) is 4.98 Å². The highest BCUT2D eigenvalue weighted by Crippen LogP contribution is 1.91. The van der Waals surface area contributed by atoms with E-state index >= 15 is 0 Å². The normalized spacial score (nSPS) is 10.5. The zero-order valence-corrected chi connectivity index (χ0v) is 10.3. The van der Waals surface area contributed by atoms with Gasteiger partial charge in [0.1, 0.15) is 25.4 Å². The Morgan fingerprint density at radius 2 is 2.12 bits per heavy atom. The van der Waals surface area contributed by atoms with E-state index in [1.165, 1.54) is 0 Å². The Morgan fingerprint density at radius 3 is 2.76 bits per heavy atom. The van der Waals surface area contributed by atoms with Crippen molar-refractivity contribution in [3.05, 3.63) is 18.2 Å². The summed E-state index contributed by atoms with van der Waals surface area (Å²) >= 11 is 0. The Bertz CT molecular complexity index is 338. The number of nitrogens with one attached hydrogen (secondary N) is 1. The molecule has 0 saturated heterocycles. The maximum atomic E-state index is 11.4. The molecule has 6 heteroatoms. The van der Waals surface area contributed by atoms with Crippen molar-refractivity contribution in [2.75, 3.05) is 33.5 Å². The summed E-state index contributed by atoms with van der Waals surface area (Å²) in [4.78, 5) is 14.4. The van der Waals surface area contributed by atoms with Crippen molar-refractivity contribution in [3.8, 4) is 0 Å². The Labute approximate surface area is 100 Å². The third-order valence-electron chi connectivity index (χ3n) is 2.21. The lowest BCUT2D eigenvalue weighted by atomic mass is 10.4. The molecule has 17 heavy (non-hydrogen) atoms. The monoisotopic (exact) mass is 243 g/mol. The van der Waals surface area contributed by atoms with E-state index in [0.29, 0.717) is 19.8 Å². The van der Waals surface area contributed by atoms with E-state index in [0.717, 1.165) is 5.82 Å².